The molecule has 0 saturated carbocycles. The Kier molecular flexibility index (Phi) is 7.66. The Hall–Kier alpha value is -1.49. The van der Waals surface area contributed by atoms with E-state index >= 15 is 0 Å². The van der Waals surface area contributed by atoms with Crippen molar-refractivity contribution in [2.75, 3.05) is 6.54 Å². The number of fused-ring (bicyclic) bond motifs is 2. The minimum Gasteiger partial charge on any atom is -0.365 e. The Morgan fingerprint density at radius 1 is 0.897 bits per heavy atom. The lowest BCUT2D eigenvalue weighted by molar-refractivity contribution is -0.0483. The average molecular weight is 422 g/mol. The SMILES string of the molecule is CCCCN1[C@@H]2CC[C@H]1CC(OC(c1ccc(F)cc1)c1ccc(F)cc1)C2.Cl. The summed E-state index contributed by atoms with van der Waals surface area (Å²) >= 11 is 0. The van der Waals surface area contributed by atoms with E-state index in [0.29, 0.717) is 12.1 Å². The Balaban J connectivity index is 0.00000240. The normalized spacial score (nSPS) is 23.9. The van der Waals surface area contributed by atoms with Gasteiger partial charge in [-0.05, 0) is 74.0 Å². The van der Waals surface area contributed by atoms with Crippen LogP contribution in [0.3, 0.4) is 0 Å². The molecule has 29 heavy (non-hydrogen) atoms. The van der Waals surface area contributed by atoms with E-state index in [1.54, 1.807) is 24.3 Å². The summed E-state index contributed by atoms with van der Waals surface area (Å²) < 4.78 is 33.5. The number of rotatable bonds is 7. The van der Waals surface area contributed by atoms with E-state index in [-0.39, 0.29) is 36.2 Å². The van der Waals surface area contributed by atoms with E-state index in [9.17, 15) is 8.78 Å². The summed E-state index contributed by atoms with van der Waals surface area (Å²) in [7, 11) is 0. The topological polar surface area (TPSA) is 12.5 Å². The molecule has 2 heterocycles. The van der Waals surface area contributed by atoms with Gasteiger partial charge in [0.15, 0.2) is 0 Å². The molecule has 2 saturated heterocycles. The van der Waals surface area contributed by atoms with Crippen molar-refractivity contribution < 1.29 is 13.5 Å². The fourth-order valence-electron chi connectivity index (χ4n) is 4.86. The van der Waals surface area contributed by atoms with Crippen LogP contribution in [0, 0.1) is 11.6 Å². The monoisotopic (exact) mass is 421 g/mol. The smallest absolute Gasteiger partial charge is 0.123 e. The van der Waals surface area contributed by atoms with Crippen molar-refractivity contribution in [2.45, 2.75) is 69.7 Å². The van der Waals surface area contributed by atoms with Gasteiger partial charge in [-0.2, -0.15) is 0 Å². The Labute approximate surface area is 178 Å². The number of ether oxygens (including phenoxy) is 1. The summed E-state index contributed by atoms with van der Waals surface area (Å²) in [5.74, 6) is -0.521. The second-order valence-electron chi connectivity index (χ2n) is 8.19. The van der Waals surface area contributed by atoms with Gasteiger partial charge < -0.3 is 4.74 Å². The Morgan fingerprint density at radius 3 is 1.83 bits per heavy atom. The van der Waals surface area contributed by atoms with Gasteiger partial charge in [0.05, 0.1) is 6.10 Å². The summed E-state index contributed by atoms with van der Waals surface area (Å²) in [5.41, 5.74) is 1.82. The molecular weight excluding hydrogens is 392 g/mol. The third-order valence-electron chi connectivity index (χ3n) is 6.28. The van der Waals surface area contributed by atoms with Crippen LogP contribution >= 0.6 is 12.4 Å². The second-order valence-corrected chi connectivity index (χ2v) is 8.19. The van der Waals surface area contributed by atoms with Crippen LogP contribution in [0.5, 0.6) is 0 Å². The van der Waals surface area contributed by atoms with Crippen LogP contribution in [0.15, 0.2) is 48.5 Å². The molecule has 3 atom stereocenters. The van der Waals surface area contributed by atoms with Crippen molar-refractivity contribution in [1.82, 2.24) is 4.90 Å². The second kappa shape index (κ2) is 10.0. The third kappa shape index (κ3) is 5.17. The van der Waals surface area contributed by atoms with Crippen LogP contribution in [0.4, 0.5) is 8.78 Å². The van der Waals surface area contributed by atoms with Crippen LogP contribution in [0.2, 0.25) is 0 Å². The highest BCUT2D eigenvalue weighted by atomic mass is 35.5. The maximum Gasteiger partial charge on any atom is 0.123 e. The maximum absolute atomic E-state index is 13.4. The van der Waals surface area contributed by atoms with Crippen LogP contribution in [0.1, 0.15) is 62.7 Å². The first-order chi connectivity index (χ1) is 13.6. The molecule has 2 fully saturated rings. The van der Waals surface area contributed by atoms with E-state index < -0.39 is 0 Å². The molecule has 0 aromatic heterocycles. The molecule has 2 aliphatic rings. The van der Waals surface area contributed by atoms with Crippen molar-refractivity contribution in [3.05, 3.63) is 71.3 Å². The first-order valence-corrected chi connectivity index (χ1v) is 10.6. The lowest BCUT2D eigenvalue weighted by Crippen LogP contribution is -2.46. The number of piperidine rings is 1. The standard InChI is InChI=1S/C24H29F2NO.ClH/c1-2-3-14-27-21-12-13-22(27)16-23(15-21)28-24(17-4-8-19(25)9-5-17)18-6-10-20(26)11-7-18;/h4-11,21-24H,2-3,12-16H2,1H3;1H/t21-,22+,23?;. The molecule has 2 aromatic carbocycles. The Bertz CT molecular complexity index is 708. The predicted molar refractivity (Wildman–Crippen MR) is 114 cm³/mol. The number of nitrogens with zero attached hydrogens (tertiary/aromatic N) is 1. The fourth-order valence-corrected chi connectivity index (χ4v) is 4.86. The highest BCUT2D eigenvalue weighted by molar-refractivity contribution is 5.85. The molecule has 2 bridgehead atoms. The molecular formula is C24H30ClF2NO. The van der Waals surface area contributed by atoms with Crippen molar-refractivity contribution in [3.8, 4) is 0 Å². The van der Waals surface area contributed by atoms with Crippen molar-refractivity contribution in [3.63, 3.8) is 0 Å². The summed E-state index contributed by atoms with van der Waals surface area (Å²) in [6.45, 7) is 3.44. The molecule has 158 valence electrons. The predicted octanol–water partition coefficient (Wildman–Crippen LogP) is 6.29. The zero-order valence-electron chi connectivity index (χ0n) is 16.9. The van der Waals surface area contributed by atoms with Gasteiger partial charge in [0, 0.05) is 12.1 Å². The number of benzene rings is 2. The quantitative estimate of drug-likeness (QED) is 0.521. The molecule has 0 radical (unpaired) electrons. The highest BCUT2D eigenvalue weighted by Gasteiger charge is 2.41. The fraction of sp³-hybridized carbons (Fsp3) is 0.500. The highest BCUT2D eigenvalue weighted by Crippen LogP contribution is 2.39. The molecule has 0 amide bonds. The van der Waals surface area contributed by atoms with Gasteiger partial charge in [-0.3, -0.25) is 4.90 Å². The number of hydrogen-bond acceptors (Lipinski definition) is 2. The minimum atomic E-state index is -0.298. The molecule has 4 rings (SSSR count). The number of hydrogen-bond donors (Lipinski definition) is 0. The van der Waals surface area contributed by atoms with Crippen LogP contribution < -0.4 is 0 Å². The van der Waals surface area contributed by atoms with E-state index in [1.807, 2.05) is 0 Å². The van der Waals surface area contributed by atoms with E-state index in [1.165, 1.54) is 56.5 Å². The summed E-state index contributed by atoms with van der Waals surface area (Å²) in [4.78, 5) is 2.69. The van der Waals surface area contributed by atoms with E-state index in [4.69, 9.17) is 4.74 Å². The lowest BCUT2D eigenvalue weighted by Gasteiger charge is -2.40. The number of unbranched alkanes of at least 4 members (excludes halogenated alkanes) is 1. The third-order valence-corrected chi connectivity index (χ3v) is 6.28. The molecule has 0 aliphatic carbocycles. The molecule has 1 unspecified atom stereocenters. The summed E-state index contributed by atoms with van der Waals surface area (Å²) in [6, 6.07) is 14.2. The maximum atomic E-state index is 13.4. The van der Waals surface area contributed by atoms with E-state index in [0.717, 1.165) is 24.0 Å². The van der Waals surface area contributed by atoms with Crippen molar-refractivity contribution in [1.29, 1.82) is 0 Å². The van der Waals surface area contributed by atoms with Gasteiger partial charge in [-0.1, -0.05) is 37.6 Å². The first-order valence-electron chi connectivity index (χ1n) is 10.6. The zero-order chi connectivity index (χ0) is 19.5. The lowest BCUT2D eigenvalue weighted by atomic mass is 9.97. The molecule has 0 N–H and O–H groups in total. The first kappa shape index (κ1) is 22.2. The van der Waals surface area contributed by atoms with Crippen LogP contribution in [-0.2, 0) is 4.74 Å². The molecule has 2 aromatic rings. The molecule has 5 heteroatoms. The van der Waals surface area contributed by atoms with Crippen LogP contribution in [-0.4, -0.2) is 29.6 Å². The molecule has 0 spiro atoms. The van der Waals surface area contributed by atoms with Gasteiger partial charge in [0.1, 0.15) is 17.7 Å². The zero-order valence-corrected chi connectivity index (χ0v) is 17.7. The largest absolute Gasteiger partial charge is 0.365 e. The van der Waals surface area contributed by atoms with Crippen molar-refractivity contribution in [2.24, 2.45) is 0 Å². The summed E-state index contributed by atoms with van der Waals surface area (Å²) in [5, 5.41) is 0. The minimum absolute atomic E-state index is 0. The number of halogens is 3. The van der Waals surface area contributed by atoms with E-state index in [2.05, 4.69) is 11.8 Å². The summed E-state index contributed by atoms with van der Waals surface area (Å²) in [6.07, 6.45) is 6.96. The Morgan fingerprint density at radius 2 is 1.38 bits per heavy atom. The van der Waals surface area contributed by atoms with Gasteiger partial charge in [-0.15, -0.1) is 12.4 Å². The molecule has 2 nitrogen and oxygen atoms in total. The van der Waals surface area contributed by atoms with Gasteiger partial charge in [0.2, 0.25) is 0 Å². The van der Waals surface area contributed by atoms with Crippen LogP contribution in [0.25, 0.3) is 0 Å². The molecule has 2 aliphatic heterocycles. The van der Waals surface area contributed by atoms with Gasteiger partial charge in [0.25, 0.3) is 0 Å². The average Bonchev–Trinajstić information content (AvgIpc) is 2.94. The van der Waals surface area contributed by atoms with Gasteiger partial charge >= 0.3 is 0 Å². The van der Waals surface area contributed by atoms with Gasteiger partial charge in [-0.25, -0.2) is 8.78 Å². The van der Waals surface area contributed by atoms with Crippen molar-refractivity contribution >= 4 is 12.4 Å².